The Balaban J connectivity index is 2.16. The SMILES string of the molecule is COC(=O)/C=C1/S/C(=N\N=Cc2cc(I)c(OC(C)C)c(OC)c2)NC1=O. The normalized spacial score (nSPS) is 17.0. The van der Waals surface area contributed by atoms with E-state index in [0.717, 1.165) is 27.0 Å². The van der Waals surface area contributed by atoms with Crippen LogP contribution in [0.5, 0.6) is 11.5 Å². The van der Waals surface area contributed by atoms with Gasteiger partial charge < -0.3 is 14.2 Å². The van der Waals surface area contributed by atoms with Crippen LogP contribution in [-0.4, -0.2) is 43.6 Å². The van der Waals surface area contributed by atoms with Gasteiger partial charge in [-0.25, -0.2) is 4.79 Å². The monoisotopic (exact) mass is 503 g/mol. The maximum absolute atomic E-state index is 11.8. The molecule has 0 atom stereocenters. The molecule has 1 amide bonds. The summed E-state index contributed by atoms with van der Waals surface area (Å²) in [6.45, 7) is 3.88. The summed E-state index contributed by atoms with van der Waals surface area (Å²) in [4.78, 5) is 23.2. The molecule has 1 saturated heterocycles. The van der Waals surface area contributed by atoms with Crippen molar-refractivity contribution < 1.29 is 23.8 Å². The van der Waals surface area contributed by atoms with Crippen molar-refractivity contribution in [2.24, 2.45) is 10.2 Å². The summed E-state index contributed by atoms with van der Waals surface area (Å²) in [5, 5.41) is 10.7. The van der Waals surface area contributed by atoms with Crippen LogP contribution in [-0.2, 0) is 14.3 Å². The predicted octanol–water partition coefficient (Wildman–Crippen LogP) is 2.70. The number of thioether (sulfide) groups is 1. The highest BCUT2D eigenvalue weighted by molar-refractivity contribution is 14.1. The molecule has 144 valence electrons. The van der Waals surface area contributed by atoms with E-state index in [4.69, 9.17) is 9.47 Å². The second-order valence-corrected chi connectivity index (χ2v) is 7.63. The Kier molecular flexibility index (Phi) is 7.66. The van der Waals surface area contributed by atoms with E-state index in [0.29, 0.717) is 11.5 Å². The first-order valence-electron chi connectivity index (χ1n) is 7.78. The van der Waals surface area contributed by atoms with Crippen molar-refractivity contribution in [2.75, 3.05) is 14.2 Å². The first-order chi connectivity index (χ1) is 12.8. The van der Waals surface area contributed by atoms with Crippen molar-refractivity contribution in [3.05, 3.63) is 32.2 Å². The molecule has 0 spiro atoms. The highest BCUT2D eigenvalue weighted by Crippen LogP contribution is 2.34. The van der Waals surface area contributed by atoms with Crippen LogP contribution in [0.15, 0.2) is 33.3 Å². The molecule has 1 fully saturated rings. The molecule has 1 aliphatic heterocycles. The second kappa shape index (κ2) is 9.74. The molecule has 1 heterocycles. The van der Waals surface area contributed by atoms with Gasteiger partial charge in [-0.05, 0) is 65.9 Å². The third-order valence-corrected chi connectivity index (χ3v) is 4.76. The number of rotatable bonds is 6. The Morgan fingerprint density at radius 1 is 1.33 bits per heavy atom. The van der Waals surface area contributed by atoms with Crippen molar-refractivity contribution in [3.63, 3.8) is 0 Å². The van der Waals surface area contributed by atoms with E-state index in [-0.39, 0.29) is 16.2 Å². The van der Waals surface area contributed by atoms with Gasteiger partial charge in [0.25, 0.3) is 5.91 Å². The number of halogens is 1. The maximum Gasteiger partial charge on any atom is 0.331 e. The first-order valence-corrected chi connectivity index (χ1v) is 9.67. The van der Waals surface area contributed by atoms with Gasteiger partial charge >= 0.3 is 5.97 Å². The van der Waals surface area contributed by atoms with Crippen molar-refractivity contribution in [1.82, 2.24) is 5.32 Å². The number of nitrogens with one attached hydrogen (secondary N) is 1. The minimum absolute atomic E-state index is 0.0218. The summed E-state index contributed by atoms with van der Waals surface area (Å²) in [7, 11) is 2.81. The Bertz CT molecular complexity index is 836. The van der Waals surface area contributed by atoms with Crippen LogP contribution in [0.4, 0.5) is 0 Å². The predicted molar refractivity (Wildman–Crippen MR) is 112 cm³/mol. The van der Waals surface area contributed by atoms with Gasteiger partial charge in [-0.15, -0.1) is 5.10 Å². The van der Waals surface area contributed by atoms with E-state index in [1.54, 1.807) is 13.2 Å². The zero-order chi connectivity index (χ0) is 20.0. The fourth-order valence-corrected chi connectivity index (χ4v) is 3.44. The maximum atomic E-state index is 11.8. The summed E-state index contributed by atoms with van der Waals surface area (Å²) in [6, 6.07) is 3.67. The smallest absolute Gasteiger partial charge is 0.331 e. The van der Waals surface area contributed by atoms with Crippen LogP contribution in [0.25, 0.3) is 0 Å². The molecule has 8 nitrogen and oxygen atoms in total. The lowest BCUT2D eigenvalue weighted by molar-refractivity contribution is -0.135. The minimum Gasteiger partial charge on any atom is -0.493 e. The van der Waals surface area contributed by atoms with E-state index in [9.17, 15) is 9.59 Å². The van der Waals surface area contributed by atoms with Crippen molar-refractivity contribution in [1.29, 1.82) is 0 Å². The van der Waals surface area contributed by atoms with Gasteiger partial charge in [-0.1, -0.05) is 0 Å². The number of ether oxygens (including phenoxy) is 3. The Morgan fingerprint density at radius 2 is 2.07 bits per heavy atom. The van der Waals surface area contributed by atoms with Crippen LogP contribution in [0.2, 0.25) is 0 Å². The number of amidine groups is 1. The van der Waals surface area contributed by atoms with Crippen LogP contribution >= 0.6 is 34.4 Å². The second-order valence-electron chi connectivity index (χ2n) is 5.44. The number of esters is 1. The summed E-state index contributed by atoms with van der Waals surface area (Å²) >= 11 is 3.17. The van der Waals surface area contributed by atoms with Gasteiger partial charge in [0, 0.05) is 6.08 Å². The van der Waals surface area contributed by atoms with E-state index in [1.807, 2.05) is 19.9 Å². The van der Waals surface area contributed by atoms with Crippen molar-refractivity contribution in [3.8, 4) is 11.5 Å². The fourth-order valence-electron chi connectivity index (χ4n) is 1.95. The van der Waals surface area contributed by atoms with Gasteiger partial charge in [0.05, 0.1) is 35.0 Å². The van der Waals surface area contributed by atoms with Gasteiger partial charge in [0.1, 0.15) is 0 Å². The van der Waals surface area contributed by atoms with Gasteiger partial charge in [-0.3, -0.25) is 10.1 Å². The Morgan fingerprint density at radius 3 is 2.70 bits per heavy atom. The lowest BCUT2D eigenvalue weighted by Crippen LogP contribution is -2.19. The molecule has 2 rings (SSSR count). The molecule has 1 aromatic rings. The van der Waals surface area contributed by atoms with E-state index < -0.39 is 11.9 Å². The molecule has 0 unspecified atom stereocenters. The zero-order valence-electron chi connectivity index (χ0n) is 15.1. The van der Waals surface area contributed by atoms with Crippen LogP contribution in [0, 0.1) is 3.57 Å². The molecule has 0 aromatic heterocycles. The number of nitrogens with zero attached hydrogens (tertiary/aromatic N) is 2. The largest absolute Gasteiger partial charge is 0.493 e. The summed E-state index contributed by atoms with van der Waals surface area (Å²) < 4.78 is 16.5. The number of carbonyl (C=O) groups is 2. The number of hydrogen-bond donors (Lipinski definition) is 1. The molecule has 0 aliphatic carbocycles. The number of benzene rings is 1. The number of hydrogen-bond acceptors (Lipinski definition) is 8. The number of carbonyl (C=O) groups excluding carboxylic acids is 2. The quantitative estimate of drug-likeness (QED) is 0.211. The third kappa shape index (κ3) is 5.96. The average Bonchev–Trinajstić information content (AvgIpc) is 2.95. The lowest BCUT2D eigenvalue weighted by Gasteiger charge is -2.15. The lowest BCUT2D eigenvalue weighted by atomic mass is 10.2. The standard InChI is InChI=1S/C17H18IN3O5S/c1-9(2)26-15-11(18)5-10(6-12(15)24-3)8-19-21-17-20-16(23)13(27-17)7-14(22)25-4/h5-9H,1-4H3,(H,20,21,23)/b13-7+,19-8?. The minimum atomic E-state index is -0.609. The summed E-state index contributed by atoms with van der Waals surface area (Å²) in [5.74, 6) is 0.234. The average molecular weight is 503 g/mol. The van der Waals surface area contributed by atoms with Crippen LogP contribution in [0.3, 0.4) is 0 Å². The van der Waals surface area contributed by atoms with E-state index >= 15 is 0 Å². The molecule has 1 N–H and O–H groups in total. The van der Waals surface area contributed by atoms with Crippen molar-refractivity contribution in [2.45, 2.75) is 20.0 Å². The Labute approximate surface area is 174 Å². The Hall–Kier alpha value is -2.08. The summed E-state index contributed by atoms with van der Waals surface area (Å²) in [6.07, 6.45) is 2.66. The molecule has 10 heteroatoms. The molecule has 1 aromatic carbocycles. The summed E-state index contributed by atoms with van der Waals surface area (Å²) in [5.41, 5.74) is 0.761. The molecule has 27 heavy (non-hydrogen) atoms. The molecule has 1 aliphatic rings. The molecule has 0 radical (unpaired) electrons. The van der Waals surface area contributed by atoms with Gasteiger partial charge in [0.2, 0.25) is 0 Å². The van der Waals surface area contributed by atoms with E-state index in [2.05, 4.69) is 42.8 Å². The van der Waals surface area contributed by atoms with Gasteiger partial charge in [0.15, 0.2) is 16.7 Å². The first kappa shape index (κ1) is 21.2. The molecular formula is C17H18IN3O5S. The van der Waals surface area contributed by atoms with E-state index in [1.165, 1.54) is 13.3 Å². The number of amides is 1. The third-order valence-electron chi connectivity index (χ3n) is 3.06. The highest BCUT2D eigenvalue weighted by Gasteiger charge is 2.25. The van der Waals surface area contributed by atoms with Crippen LogP contribution < -0.4 is 14.8 Å². The fraction of sp³-hybridized carbons (Fsp3) is 0.294. The van der Waals surface area contributed by atoms with Gasteiger partial charge in [-0.2, -0.15) is 5.10 Å². The molecule has 0 bridgehead atoms. The number of methoxy groups -OCH3 is 2. The van der Waals surface area contributed by atoms with Crippen molar-refractivity contribution >= 4 is 57.6 Å². The highest BCUT2D eigenvalue weighted by atomic mass is 127. The van der Waals surface area contributed by atoms with Crippen LogP contribution in [0.1, 0.15) is 19.4 Å². The molecule has 0 saturated carbocycles. The zero-order valence-corrected chi connectivity index (χ0v) is 18.1. The topological polar surface area (TPSA) is 98.6 Å². The molecular weight excluding hydrogens is 485 g/mol.